The van der Waals surface area contributed by atoms with E-state index in [0.29, 0.717) is 0 Å². The molecule has 1 rings (SSSR count). The summed E-state index contributed by atoms with van der Waals surface area (Å²) in [5, 5.41) is 1.03. The third kappa shape index (κ3) is 2.86. The molecule has 0 amide bonds. The average Bonchev–Trinajstić information content (AvgIpc) is 1.91. The molecule has 1 radical (unpaired) electrons. The number of nitrogens with zero attached hydrogens (tertiary/aromatic N) is 1. The van der Waals surface area contributed by atoms with Crippen LogP contribution in [0.1, 0.15) is 26.3 Å². The van der Waals surface area contributed by atoms with Gasteiger partial charge in [-0.15, -0.1) is 11.8 Å². The Balaban J connectivity index is 2.83. The number of pyridine rings is 1. The number of hydrogen-bond donors (Lipinski definition) is 0. The molecule has 0 N–H and O–H groups in total. The van der Waals surface area contributed by atoms with Crippen LogP contribution in [0.4, 0.5) is 0 Å². The van der Waals surface area contributed by atoms with E-state index in [1.165, 1.54) is 0 Å². The number of aromatic nitrogens is 1. The molecule has 0 saturated heterocycles. The van der Waals surface area contributed by atoms with Crippen molar-refractivity contribution in [1.82, 2.24) is 4.98 Å². The zero-order valence-electron chi connectivity index (χ0n) is 7.79. The standard InChI is InChI=1S/C10H14NS/c1-8-6-5-7-11-9(8)12-10(2,3)4/h5-7H,1H2,2-4H3. The normalized spacial score (nSPS) is 11.7. The van der Waals surface area contributed by atoms with E-state index in [-0.39, 0.29) is 4.75 Å². The lowest BCUT2D eigenvalue weighted by molar-refractivity contribution is 0.798. The second-order valence-corrected chi connectivity index (χ2v) is 5.50. The van der Waals surface area contributed by atoms with Gasteiger partial charge in [0.05, 0.1) is 5.03 Å². The molecule has 0 saturated carbocycles. The summed E-state index contributed by atoms with van der Waals surface area (Å²) in [5.74, 6) is 0. The summed E-state index contributed by atoms with van der Waals surface area (Å²) >= 11 is 1.75. The van der Waals surface area contributed by atoms with Gasteiger partial charge in [0.25, 0.3) is 0 Å². The highest BCUT2D eigenvalue weighted by molar-refractivity contribution is 8.00. The second-order valence-electron chi connectivity index (χ2n) is 3.68. The molecule has 0 fully saturated rings. The van der Waals surface area contributed by atoms with Gasteiger partial charge in [0.2, 0.25) is 0 Å². The van der Waals surface area contributed by atoms with Crippen LogP contribution < -0.4 is 0 Å². The highest BCUT2D eigenvalue weighted by atomic mass is 32.2. The van der Waals surface area contributed by atoms with Crippen molar-refractivity contribution in [3.05, 3.63) is 30.8 Å². The Hall–Kier alpha value is -0.500. The van der Waals surface area contributed by atoms with Crippen molar-refractivity contribution in [2.24, 2.45) is 0 Å². The highest BCUT2D eigenvalue weighted by Crippen LogP contribution is 2.31. The fourth-order valence-electron chi connectivity index (χ4n) is 0.806. The highest BCUT2D eigenvalue weighted by Gasteiger charge is 2.13. The van der Waals surface area contributed by atoms with Crippen molar-refractivity contribution in [3.8, 4) is 0 Å². The summed E-state index contributed by atoms with van der Waals surface area (Å²) in [6, 6.07) is 3.90. The van der Waals surface area contributed by atoms with Gasteiger partial charge < -0.3 is 0 Å². The molecule has 1 nitrogen and oxygen atoms in total. The molecule has 1 aromatic rings. The lowest BCUT2D eigenvalue weighted by Crippen LogP contribution is -2.07. The molecule has 0 atom stereocenters. The van der Waals surface area contributed by atoms with Crippen molar-refractivity contribution in [1.29, 1.82) is 0 Å². The van der Waals surface area contributed by atoms with Gasteiger partial charge in [-0.1, -0.05) is 26.8 Å². The van der Waals surface area contributed by atoms with E-state index in [1.807, 2.05) is 18.3 Å². The monoisotopic (exact) mass is 180 g/mol. The maximum atomic E-state index is 4.26. The van der Waals surface area contributed by atoms with E-state index in [1.54, 1.807) is 11.8 Å². The van der Waals surface area contributed by atoms with Crippen molar-refractivity contribution < 1.29 is 0 Å². The summed E-state index contributed by atoms with van der Waals surface area (Å²) < 4.78 is 0.209. The summed E-state index contributed by atoms with van der Waals surface area (Å²) in [7, 11) is 0. The van der Waals surface area contributed by atoms with E-state index < -0.39 is 0 Å². The maximum Gasteiger partial charge on any atom is 0.0997 e. The Morgan fingerprint density at radius 3 is 2.58 bits per heavy atom. The van der Waals surface area contributed by atoms with Crippen molar-refractivity contribution >= 4 is 11.8 Å². The van der Waals surface area contributed by atoms with Crippen LogP contribution in [0.3, 0.4) is 0 Å². The average molecular weight is 180 g/mol. The lowest BCUT2D eigenvalue weighted by Gasteiger charge is -2.17. The molecular formula is C10H14NS. The number of rotatable bonds is 1. The van der Waals surface area contributed by atoms with Crippen LogP contribution in [-0.2, 0) is 0 Å². The SMILES string of the molecule is [CH2]c1cccnc1SC(C)(C)C. The van der Waals surface area contributed by atoms with Gasteiger partial charge in [-0.05, 0) is 18.6 Å². The molecule has 0 unspecified atom stereocenters. The Kier molecular flexibility index (Phi) is 2.78. The molecule has 12 heavy (non-hydrogen) atoms. The second kappa shape index (κ2) is 3.48. The van der Waals surface area contributed by atoms with Gasteiger partial charge in [0.1, 0.15) is 0 Å². The Morgan fingerprint density at radius 1 is 1.42 bits per heavy atom. The molecule has 1 aromatic heterocycles. The predicted molar refractivity (Wildman–Crippen MR) is 54.3 cm³/mol. The van der Waals surface area contributed by atoms with Gasteiger partial charge in [-0.3, -0.25) is 0 Å². The summed E-state index contributed by atoms with van der Waals surface area (Å²) in [5.41, 5.74) is 1.01. The molecule has 65 valence electrons. The Bertz CT molecular complexity index is 263. The van der Waals surface area contributed by atoms with Crippen LogP contribution in [0.25, 0.3) is 0 Å². The maximum absolute atomic E-state index is 4.26. The van der Waals surface area contributed by atoms with Gasteiger partial charge in [0.15, 0.2) is 0 Å². The van der Waals surface area contributed by atoms with Crippen LogP contribution in [0.2, 0.25) is 0 Å². The minimum absolute atomic E-state index is 0.209. The van der Waals surface area contributed by atoms with Crippen molar-refractivity contribution in [2.75, 3.05) is 0 Å². The molecule has 0 aliphatic rings. The van der Waals surface area contributed by atoms with E-state index in [2.05, 4.69) is 32.7 Å². The van der Waals surface area contributed by atoms with Gasteiger partial charge in [0, 0.05) is 10.9 Å². The molecule has 2 heteroatoms. The first-order valence-electron chi connectivity index (χ1n) is 3.95. The third-order valence-electron chi connectivity index (χ3n) is 1.25. The van der Waals surface area contributed by atoms with E-state index in [0.717, 1.165) is 10.6 Å². The van der Waals surface area contributed by atoms with Crippen LogP contribution in [-0.4, -0.2) is 9.73 Å². The van der Waals surface area contributed by atoms with Crippen molar-refractivity contribution in [3.63, 3.8) is 0 Å². The third-order valence-corrected chi connectivity index (χ3v) is 2.43. The summed E-state index contributed by atoms with van der Waals surface area (Å²) in [6.45, 7) is 10.4. The molecule has 0 aliphatic heterocycles. The molecule has 0 spiro atoms. The zero-order valence-corrected chi connectivity index (χ0v) is 8.61. The summed E-state index contributed by atoms with van der Waals surface area (Å²) in [6.07, 6.45) is 1.81. The number of hydrogen-bond acceptors (Lipinski definition) is 2. The molecule has 0 aromatic carbocycles. The minimum atomic E-state index is 0.209. The smallest absolute Gasteiger partial charge is 0.0997 e. The lowest BCUT2D eigenvalue weighted by atomic mass is 10.3. The molecule has 0 bridgehead atoms. The Morgan fingerprint density at radius 2 is 2.08 bits per heavy atom. The quantitative estimate of drug-likeness (QED) is 0.616. The first kappa shape index (κ1) is 9.59. The van der Waals surface area contributed by atoms with Crippen molar-refractivity contribution in [2.45, 2.75) is 30.5 Å². The molecular weight excluding hydrogens is 166 g/mol. The molecule has 0 aliphatic carbocycles. The number of thioether (sulfide) groups is 1. The molecule has 1 heterocycles. The van der Waals surface area contributed by atoms with E-state index in [4.69, 9.17) is 0 Å². The minimum Gasteiger partial charge on any atom is -0.250 e. The van der Waals surface area contributed by atoms with Gasteiger partial charge in [-0.2, -0.15) is 0 Å². The zero-order chi connectivity index (χ0) is 9.19. The first-order chi connectivity index (χ1) is 5.49. The van der Waals surface area contributed by atoms with Gasteiger partial charge >= 0.3 is 0 Å². The predicted octanol–water partition coefficient (Wildman–Crippen LogP) is 3.15. The van der Waals surface area contributed by atoms with E-state index in [9.17, 15) is 0 Å². The van der Waals surface area contributed by atoms with Crippen LogP contribution in [0.5, 0.6) is 0 Å². The van der Waals surface area contributed by atoms with Crippen LogP contribution in [0, 0.1) is 6.92 Å². The van der Waals surface area contributed by atoms with E-state index >= 15 is 0 Å². The van der Waals surface area contributed by atoms with Crippen LogP contribution >= 0.6 is 11.8 Å². The Labute approximate surface area is 78.6 Å². The fourth-order valence-corrected chi connectivity index (χ4v) is 1.70. The van der Waals surface area contributed by atoms with Crippen LogP contribution in [0.15, 0.2) is 23.4 Å². The first-order valence-corrected chi connectivity index (χ1v) is 4.77. The summed E-state index contributed by atoms with van der Waals surface area (Å²) in [4.78, 5) is 4.26. The fraction of sp³-hybridized carbons (Fsp3) is 0.400. The topological polar surface area (TPSA) is 12.9 Å². The largest absolute Gasteiger partial charge is 0.250 e. The van der Waals surface area contributed by atoms with Gasteiger partial charge in [-0.25, -0.2) is 4.98 Å².